The summed E-state index contributed by atoms with van der Waals surface area (Å²) in [7, 11) is -3.67. The van der Waals surface area contributed by atoms with Crippen molar-refractivity contribution in [2.45, 2.75) is 44.4 Å². The number of likely N-dealkylation sites (tertiary alicyclic amines) is 1. The van der Waals surface area contributed by atoms with Gasteiger partial charge in [-0.15, -0.1) is 0 Å². The molecule has 2 heterocycles. The molecule has 1 aromatic carbocycles. The van der Waals surface area contributed by atoms with E-state index in [4.69, 9.17) is 9.47 Å². The van der Waals surface area contributed by atoms with Gasteiger partial charge in [-0.05, 0) is 63.8 Å². The lowest BCUT2D eigenvalue weighted by atomic mass is 9.93. The zero-order chi connectivity index (χ0) is 22.4. The molecule has 0 N–H and O–H groups in total. The third-order valence-corrected chi connectivity index (χ3v) is 7.81. The van der Waals surface area contributed by atoms with Gasteiger partial charge in [0.15, 0.2) is 0 Å². The first-order valence-electron chi connectivity index (χ1n) is 11.0. The lowest BCUT2D eigenvalue weighted by Crippen LogP contribution is -2.49. The number of sulfonamides is 1. The van der Waals surface area contributed by atoms with E-state index in [2.05, 4.69) is 0 Å². The maximum atomic E-state index is 13.1. The minimum atomic E-state index is -3.67. The van der Waals surface area contributed by atoms with Crippen LogP contribution in [0.4, 0.5) is 0 Å². The minimum absolute atomic E-state index is 0.0195. The number of esters is 1. The summed E-state index contributed by atoms with van der Waals surface area (Å²) in [4.78, 5) is 26.9. The Balaban J connectivity index is 1.61. The first-order chi connectivity index (χ1) is 14.9. The number of carbonyl (C=O) groups excluding carboxylic acids is 2. The highest BCUT2D eigenvalue weighted by molar-refractivity contribution is 7.89. The summed E-state index contributed by atoms with van der Waals surface area (Å²) in [6.45, 7) is 6.13. The van der Waals surface area contributed by atoms with Crippen LogP contribution in [0.15, 0.2) is 29.2 Å². The Hall–Kier alpha value is -2.13. The molecule has 172 valence electrons. The summed E-state index contributed by atoms with van der Waals surface area (Å²) in [5, 5.41) is 0. The number of hydrogen-bond acceptors (Lipinski definition) is 6. The normalized spacial score (nSPS) is 21.0. The minimum Gasteiger partial charge on any atom is -0.494 e. The van der Waals surface area contributed by atoms with Crippen molar-refractivity contribution < 1.29 is 27.5 Å². The molecular formula is C22H32N2O6S. The maximum absolute atomic E-state index is 13.1. The topological polar surface area (TPSA) is 93.2 Å². The molecule has 0 saturated carbocycles. The maximum Gasteiger partial charge on any atom is 0.309 e. The summed E-state index contributed by atoms with van der Waals surface area (Å²) in [5.74, 6) is -0.106. The number of benzene rings is 1. The molecule has 0 aliphatic carbocycles. The second kappa shape index (κ2) is 10.5. The number of hydrogen-bond donors (Lipinski definition) is 0. The van der Waals surface area contributed by atoms with E-state index in [0.717, 1.165) is 0 Å². The van der Waals surface area contributed by atoms with Crippen LogP contribution in [-0.2, 0) is 24.3 Å². The predicted octanol–water partition coefficient (Wildman–Crippen LogP) is 2.29. The molecule has 1 amide bonds. The van der Waals surface area contributed by atoms with Crippen molar-refractivity contribution in [2.24, 2.45) is 11.8 Å². The molecule has 2 aliphatic rings. The average molecular weight is 453 g/mol. The predicted molar refractivity (Wildman–Crippen MR) is 115 cm³/mol. The van der Waals surface area contributed by atoms with Crippen molar-refractivity contribution in [2.75, 3.05) is 39.4 Å². The lowest BCUT2D eigenvalue weighted by Gasteiger charge is -2.37. The summed E-state index contributed by atoms with van der Waals surface area (Å²) < 4.78 is 38.1. The summed E-state index contributed by atoms with van der Waals surface area (Å²) in [6, 6.07) is 6.39. The Bertz CT molecular complexity index is 862. The Labute approximate surface area is 184 Å². The Morgan fingerprint density at radius 3 is 2.26 bits per heavy atom. The number of ether oxygens (including phenoxy) is 2. The van der Waals surface area contributed by atoms with E-state index in [1.54, 1.807) is 36.1 Å². The van der Waals surface area contributed by atoms with Crippen LogP contribution in [0, 0.1) is 11.8 Å². The first-order valence-corrected chi connectivity index (χ1v) is 12.5. The van der Waals surface area contributed by atoms with E-state index in [0.29, 0.717) is 64.3 Å². The zero-order valence-corrected chi connectivity index (χ0v) is 19.1. The van der Waals surface area contributed by atoms with Crippen LogP contribution >= 0.6 is 0 Å². The number of nitrogens with zero attached hydrogens (tertiary/aromatic N) is 2. The van der Waals surface area contributed by atoms with Gasteiger partial charge in [0.05, 0.1) is 29.9 Å². The van der Waals surface area contributed by atoms with Gasteiger partial charge < -0.3 is 14.4 Å². The molecule has 3 rings (SSSR count). The number of rotatable bonds is 7. The Kier molecular flexibility index (Phi) is 7.94. The summed E-state index contributed by atoms with van der Waals surface area (Å²) in [6.07, 6.45) is 2.49. The molecule has 1 aromatic rings. The SMILES string of the molecule is CCOC(=O)C1CCN(C(=O)[C@@H]2CCCN(S(=O)(=O)c3ccc(OCC)cc3)C2)CC1. The molecule has 0 unspecified atom stereocenters. The molecule has 0 aromatic heterocycles. The van der Waals surface area contributed by atoms with Crippen LogP contribution in [0.5, 0.6) is 5.75 Å². The van der Waals surface area contributed by atoms with Gasteiger partial charge in [0.25, 0.3) is 0 Å². The summed E-state index contributed by atoms with van der Waals surface area (Å²) >= 11 is 0. The molecule has 0 radical (unpaired) electrons. The fourth-order valence-electron chi connectivity index (χ4n) is 4.24. The molecule has 0 bridgehead atoms. The molecule has 2 saturated heterocycles. The van der Waals surface area contributed by atoms with E-state index >= 15 is 0 Å². The van der Waals surface area contributed by atoms with E-state index in [1.807, 2.05) is 6.92 Å². The molecule has 9 heteroatoms. The molecule has 8 nitrogen and oxygen atoms in total. The molecule has 2 aliphatic heterocycles. The highest BCUT2D eigenvalue weighted by Gasteiger charge is 2.36. The van der Waals surface area contributed by atoms with Gasteiger partial charge >= 0.3 is 5.97 Å². The highest BCUT2D eigenvalue weighted by atomic mass is 32.2. The standard InChI is InChI=1S/C22H32N2O6S/c1-3-29-19-7-9-20(10-8-19)31(27,28)24-13-5-6-18(16-24)21(25)23-14-11-17(12-15-23)22(26)30-4-2/h7-10,17-18H,3-6,11-16H2,1-2H3/t18-/m1/s1. The fourth-order valence-corrected chi connectivity index (χ4v) is 5.76. The van der Waals surface area contributed by atoms with Crippen molar-refractivity contribution in [1.82, 2.24) is 9.21 Å². The van der Waals surface area contributed by atoms with Crippen LogP contribution in [-0.4, -0.2) is 68.9 Å². The van der Waals surface area contributed by atoms with Gasteiger partial charge in [0.1, 0.15) is 5.75 Å². The molecule has 2 fully saturated rings. The lowest BCUT2D eigenvalue weighted by molar-refractivity contribution is -0.152. The molecular weight excluding hydrogens is 420 g/mol. The smallest absolute Gasteiger partial charge is 0.309 e. The van der Waals surface area contributed by atoms with Crippen molar-refractivity contribution in [3.8, 4) is 5.75 Å². The van der Waals surface area contributed by atoms with Gasteiger partial charge in [-0.3, -0.25) is 9.59 Å². The monoisotopic (exact) mass is 452 g/mol. The third kappa shape index (κ3) is 5.57. The quantitative estimate of drug-likeness (QED) is 0.590. The van der Waals surface area contributed by atoms with Crippen LogP contribution in [0.2, 0.25) is 0 Å². The van der Waals surface area contributed by atoms with Gasteiger partial charge in [-0.2, -0.15) is 4.31 Å². The largest absolute Gasteiger partial charge is 0.494 e. The fraction of sp³-hybridized carbons (Fsp3) is 0.636. The number of amides is 1. The van der Waals surface area contributed by atoms with Gasteiger partial charge in [0.2, 0.25) is 15.9 Å². The van der Waals surface area contributed by atoms with E-state index < -0.39 is 10.0 Å². The molecule has 31 heavy (non-hydrogen) atoms. The van der Waals surface area contributed by atoms with Crippen LogP contribution in [0.1, 0.15) is 39.5 Å². The van der Waals surface area contributed by atoms with Crippen molar-refractivity contribution in [3.05, 3.63) is 24.3 Å². The first kappa shape index (κ1) is 23.5. The second-order valence-electron chi connectivity index (χ2n) is 7.96. The Morgan fingerprint density at radius 1 is 0.968 bits per heavy atom. The number of piperidine rings is 2. The zero-order valence-electron chi connectivity index (χ0n) is 18.3. The van der Waals surface area contributed by atoms with Gasteiger partial charge in [0, 0.05) is 26.2 Å². The van der Waals surface area contributed by atoms with Crippen molar-refractivity contribution >= 4 is 21.9 Å². The van der Waals surface area contributed by atoms with E-state index in [9.17, 15) is 18.0 Å². The second-order valence-corrected chi connectivity index (χ2v) is 9.90. The third-order valence-electron chi connectivity index (χ3n) is 5.93. The molecule has 1 atom stereocenters. The van der Waals surface area contributed by atoms with Gasteiger partial charge in [-0.25, -0.2) is 8.42 Å². The average Bonchev–Trinajstić information content (AvgIpc) is 2.79. The van der Waals surface area contributed by atoms with E-state index in [-0.39, 0.29) is 35.2 Å². The van der Waals surface area contributed by atoms with Crippen molar-refractivity contribution in [1.29, 1.82) is 0 Å². The van der Waals surface area contributed by atoms with Crippen LogP contribution in [0.3, 0.4) is 0 Å². The van der Waals surface area contributed by atoms with Crippen molar-refractivity contribution in [3.63, 3.8) is 0 Å². The van der Waals surface area contributed by atoms with Crippen LogP contribution < -0.4 is 4.74 Å². The van der Waals surface area contributed by atoms with Crippen LogP contribution in [0.25, 0.3) is 0 Å². The molecule has 0 spiro atoms. The highest BCUT2D eigenvalue weighted by Crippen LogP contribution is 2.28. The number of carbonyl (C=O) groups is 2. The van der Waals surface area contributed by atoms with E-state index in [1.165, 1.54) is 4.31 Å². The van der Waals surface area contributed by atoms with Gasteiger partial charge in [-0.1, -0.05) is 0 Å². The summed E-state index contributed by atoms with van der Waals surface area (Å²) in [5.41, 5.74) is 0. The Morgan fingerprint density at radius 2 is 1.65 bits per heavy atom.